The summed E-state index contributed by atoms with van der Waals surface area (Å²) in [6.07, 6.45) is 12.3. The van der Waals surface area contributed by atoms with Crippen LogP contribution in [0.5, 0.6) is 0 Å². The molecular formula is C20H38O2. The molecule has 0 amide bonds. The van der Waals surface area contributed by atoms with Crippen LogP contribution in [-0.4, -0.2) is 12.6 Å². The van der Waals surface area contributed by atoms with Crippen molar-refractivity contribution in [1.29, 1.82) is 0 Å². The van der Waals surface area contributed by atoms with Crippen molar-refractivity contribution in [2.45, 2.75) is 85.5 Å². The first kappa shape index (κ1) is 21.2. The zero-order chi connectivity index (χ0) is 16.8. The number of carbonyl (C=O) groups is 1. The van der Waals surface area contributed by atoms with E-state index in [9.17, 15) is 4.79 Å². The standard InChI is InChI=1S/C20H38O2/c1-6-7-8-9-10-11-12-13-14-15-22-20(21)16-19(17(2)3)18(4)5/h6,17-19H,1,7-16H2,2-5H3. The maximum absolute atomic E-state index is 11.9. The Labute approximate surface area is 138 Å². The van der Waals surface area contributed by atoms with Gasteiger partial charge in [0.2, 0.25) is 0 Å². The molecule has 0 N–H and O–H groups in total. The molecule has 0 saturated carbocycles. The number of ether oxygens (including phenoxy) is 1. The number of esters is 1. The highest BCUT2D eigenvalue weighted by Gasteiger charge is 2.21. The summed E-state index contributed by atoms with van der Waals surface area (Å²) in [6, 6.07) is 0. The summed E-state index contributed by atoms with van der Waals surface area (Å²) in [6.45, 7) is 13.1. The zero-order valence-corrected chi connectivity index (χ0v) is 15.4. The van der Waals surface area contributed by atoms with Crippen molar-refractivity contribution < 1.29 is 9.53 Å². The quantitative estimate of drug-likeness (QED) is 0.218. The van der Waals surface area contributed by atoms with E-state index >= 15 is 0 Å². The van der Waals surface area contributed by atoms with Crippen molar-refractivity contribution in [2.75, 3.05) is 6.61 Å². The molecule has 0 radical (unpaired) electrons. The fraction of sp³-hybridized carbons (Fsp3) is 0.850. The third kappa shape index (κ3) is 11.8. The molecule has 0 unspecified atom stereocenters. The van der Waals surface area contributed by atoms with E-state index in [1.54, 1.807) is 0 Å². The van der Waals surface area contributed by atoms with Gasteiger partial charge < -0.3 is 4.74 Å². The van der Waals surface area contributed by atoms with Crippen molar-refractivity contribution >= 4 is 5.97 Å². The average molecular weight is 311 g/mol. The summed E-state index contributed by atoms with van der Waals surface area (Å²) < 4.78 is 5.38. The molecule has 0 fully saturated rings. The first-order chi connectivity index (χ1) is 10.5. The second-order valence-corrected chi connectivity index (χ2v) is 7.13. The Morgan fingerprint density at radius 1 is 0.909 bits per heavy atom. The van der Waals surface area contributed by atoms with Crippen LogP contribution in [0.1, 0.15) is 85.5 Å². The molecule has 2 heteroatoms. The van der Waals surface area contributed by atoms with Gasteiger partial charge in [0, 0.05) is 6.42 Å². The maximum Gasteiger partial charge on any atom is 0.306 e. The average Bonchev–Trinajstić information content (AvgIpc) is 2.46. The molecule has 0 spiro atoms. The van der Waals surface area contributed by atoms with E-state index in [0.29, 0.717) is 30.8 Å². The number of hydrogen-bond donors (Lipinski definition) is 0. The van der Waals surface area contributed by atoms with Crippen LogP contribution < -0.4 is 0 Å². The summed E-state index contributed by atoms with van der Waals surface area (Å²) >= 11 is 0. The van der Waals surface area contributed by atoms with Crippen LogP contribution in [0.3, 0.4) is 0 Å². The SMILES string of the molecule is C=CCCCCCCCCCOC(=O)CC(C(C)C)C(C)C. The van der Waals surface area contributed by atoms with E-state index in [2.05, 4.69) is 34.3 Å². The lowest BCUT2D eigenvalue weighted by Gasteiger charge is -2.23. The highest BCUT2D eigenvalue weighted by Crippen LogP contribution is 2.24. The van der Waals surface area contributed by atoms with Crippen LogP contribution >= 0.6 is 0 Å². The van der Waals surface area contributed by atoms with Gasteiger partial charge in [-0.3, -0.25) is 4.79 Å². The van der Waals surface area contributed by atoms with Gasteiger partial charge in [0.1, 0.15) is 0 Å². The number of rotatable bonds is 14. The summed E-state index contributed by atoms with van der Waals surface area (Å²) in [5, 5.41) is 0. The summed E-state index contributed by atoms with van der Waals surface area (Å²) in [5.41, 5.74) is 0. The number of unbranched alkanes of at least 4 members (excludes halogenated alkanes) is 7. The Kier molecular flexibility index (Phi) is 13.3. The molecule has 130 valence electrons. The zero-order valence-electron chi connectivity index (χ0n) is 15.4. The van der Waals surface area contributed by atoms with E-state index < -0.39 is 0 Å². The number of hydrogen-bond acceptors (Lipinski definition) is 2. The highest BCUT2D eigenvalue weighted by molar-refractivity contribution is 5.69. The van der Waals surface area contributed by atoms with Crippen LogP contribution in [0.4, 0.5) is 0 Å². The van der Waals surface area contributed by atoms with Crippen LogP contribution in [0.25, 0.3) is 0 Å². The Morgan fingerprint density at radius 3 is 1.91 bits per heavy atom. The van der Waals surface area contributed by atoms with Crippen LogP contribution in [0.2, 0.25) is 0 Å². The molecule has 0 aromatic carbocycles. The second kappa shape index (κ2) is 13.8. The van der Waals surface area contributed by atoms with Gasteiger partial charge in [-0.05, 0) is 37.0 Å². The van der Waals surface area contributed by atoms with Crippen molar-refractivity contribution in [2.24, 2.45) is 17.8 Å². The Hall–Kier alpha value is -0.790. The van der Waals surface area contributed by atoms with Crippen molar-refractivity contribution in [3.63, 3.8) is 0 Å². The third-order valence-corrected chi connectivity index (χ3v) is 4.43. The lowest BCUT2D eigenvalue weighted by atomic mass is 9.83. The molecule has 22 heavy (non-hydrogen) atoms. The molecule has 2 nitrogen and oxygen atoms in total. The molecule has 0 saturated heterocycles. The minimum absolute atomic E-state index is 0.0168. The van der Waals surface area contributed by atoms with Crippen molar-refractivity contribution in [3.05, 3.63) is 12.7 Å². The van der Waals surface area contributed by atoms with Gasteiger partial charge in [-0.1, -0.05) is 65.9 Å². The van der Waals surface area contributed by atoms with Crippen LogP contribution in [0, 0.1) is 17.8 Å². The molecule has 0 atom stereocenters. The topological polar surface area (TPSA) is 26.3 Å². The summed E-state index contributed by atoms with van der Waals surface area (Å²) in [4.78, 5) is 11.9. The predicted molar refractivity (Wildman–Crippen MR) is 95.9 cm³/mol. The number of carbonyl (C=O) groups excluding carboxylic acids is 1. The normalized spacial score (nSPS) is 11.4. The Bertz CT molecular complexity index is 273. The molecule has 0 bridgehead atoms. The molecule has 0 aromatic rings. The fourth-order valence-electron chi connectivity index (χ4n) is 2.95. The molecule has 0 aliphatic carbocycles. The van der Waals surface area contributed by atoms with E-state index in [0.717, 1.165) is 12.8 Å². The molecular weight excluding hydrogens is 272 g/mol. The molecule has 0 rings (SSSR count). The molecule has 0 aromatic heterocycles. The van der Waals surface area contributed by atoms with Gasteiger partial charge in [-0.2, -0.15) is 0 Å². The van der Waals surface area contributed by atoms with Crippen molar-refractivity contribution in [1.82, 2.24) is 0 Å². The van der Waals surface area contributed by atoms with Gasteiger partial charge in [-0.15, -0.1) is 6.58 Å². The van der Waals surface area contributed by atoms with Gasteiger partial charge >= 0.3 is 5.97 Å². The lowest BCUT2D eigenvalue weighted by molar-refractivity contribution is -0.145. The largest absolute Gasteiger partial charge is 0.466 e. The Morgan fingerprint density at radius 2 is 1.41 bits per heavy atom. The van der Waals surface area contributed by atoms with E-state index in [-0.39, 0.29) is 5.97 Å². The summed E-state index contributed by atoms with van der Waals surface area (Å²) in [7, 11) is 0. The molecule has 0 aliphatic rings. The molecule has 0 heterocycles. The number of allylic oxidation sites excluding steroid dienone is 1. The smallest absolute Gasteiger partial charge is 0.306 e. The van der Waals surface area contributed by atoms with Gasteiger partial charge in [0.15, 0.2) is 0 Å². The third-order valence-electron chi connectivity index (χ3n) is 4.43. The Balaban J connectivity index is 3.51. The highest BCUT2D eigenvalue weighted by atomic mass is 16.5. The minimum Gasteiger partial charge on any atom is -0.466 e. The predicted octanol–water partition coefficient (Wildman–Crippen LogP) is 6.15. The van der Waals surface area contributed by atoms with Gasteiger partial charge in [0.05, 0.1) is 6.61 Å². The minimum atomic E-state index is -0.0168. The second-order valence-electron chi connectivity index (χ2n) is 7.13. The summed E-state index contributed by atoms with van der Waals surface area (Å²) in [5.74, 6) is 1.49. The van der Waals surface area contributed by atoms with E-state index in [4.69, 9.17) is 4.74 Å². The first-order valence-corrected chi connectivity index (χ1v) is 9.25. The monoisotopic (exact) mass is 310 g/mol. The van der Waals surface area contributed by atoms with E-state index in [1.807, 2.05) is 6.08 Å². The first-order valence-electron chi connectivity index (χ1n) is 9.25. The lowest BCUT2D eigenvalue weighted by Crippen LogP contribution is -2.21. The van der Waals surface area contributed by atoms with Crippen LogP contribution in [0.15, 0.2) is 12.7 Å². The van der Waals surface area contributed by atoms with Crippen molar-refractivity contribution in [3.8, 4) is 0 Å². The fourth-order valence-corrected chi connectivity index (χ4v) is 2.95. The maximum atomic E-state index is 11.9. The molecule has 0 aliphatic heterocycles. The van der Waals surface area contributed by atoms with Crippen LogP contribution in [-0.2, 0) is 9.53 Å². The van der Waals surface area contributed by atoms with Gasteiger partial charge in [0.25, 0.3) is 0 Å². The van der Waals surface area contributed by atoms with E-state index in [1.165, 1.54) is 38.5 Å². The van der Waals surface area contributed by atoms with Gasteiger partial charge in [-0.25, -0.2) is 0 Å².